The smallest absolute Gasteiger partial charge is 0.165 e. The Bertz CT molecular complexity index is 1050. The normalized spacial score (nSPS) is 16.8. The molecular weight excluding hydrogens is 437 g/mol. The van der Waals surface area contributed by atoms with Gasteiger partial charge in [0.05, 0.1) is 12.8 Å². The summed E-state index contributed by atoms with van der Waals surface area (Å²) in [4.78, 5) is 11.5. The van der Waals surface area contributed by atoms with Crippen molar-refractivity contribution >= 4 is 17.5 Å². The van der Waals surface area contributed by atoms with E-state index in [-0.39, 0.29) is 11.6 Å². The molecule has 0 aliphatic carbocycles. The van der Waals surface area contributed by atoms with Crippen LogP contribution in [0, 0.1) is 18.7 Å². The van der Waals surface area contributed by atoms with Crippen LogP contribution in [0.4, 0.5) is 4.39 Å². The van der Waals surface area contributed by atoms with Crippen molar-refractivity contribution in [3.8, 4) is 5.75 Å². The van der Waals surface area contributed by atoms with Gasteiger partial charge in [-0.05, 0) is 80.0 Å². The number of methoxy groups -OCH3 is 1. The van der Waals surface area contributed by atoms with Crippen molar-refractivity contribution in [2.75, 3.05) is 27.2 Å². The molecule has 1 aliphatic heterocycles. The molecule has 0 atom stereocenters. The fourth-order valence-electron chi connectivity index (χ4n) is 3.98. The summed E-state index contributed by atoms with van der Waals surface area (Å²) in [7, 11) is 3.30. The summed E-state index contributed by atoms with van der Waals surface area (Å²) >= 11 is 0. The molecule has 1 aliphatic rings. The van der Waals surface area contributed by atoms with Gasteiger partial charge in [0.2, 0.25) is 0 Å². The van der Waals surface area contributed by atoms with Gasteiger partial charge in [0.1, 0.15) is 0 Å². The molecule has 190 valence electrons. The largest absolute Gasteiger partial charge is 0.494 e. The summed E-state index contributed by atoms with van der Waals surface area (Å²) in [5.41, 5.74) is 7.21. The lowest BCUT2D eigenvalue weighted by Crippen LogP contribution is -2.44. The van der Waals surface area contributed by atoms with Crippen molar-refractivity contribution in [1.29, 1.82) is 0 Å². The zero-order valence-electron chi connectivity index (χ0n) is 22.8. The van der Waals surface area contributed by atoms with E-state index >= 15 is 0 Å². The molecule has 5 heteroatoms. The SMILES string of the molecule is CCCC(/C=C(\C=NC)N1CC(C)C1)=N/C=C(C)/C(=C/C=C(/C)CC)c1cc(OC)c(F)cc1C. The highest BCUT2D eigenvalue weighted by atomic mass is 19.1. The molecule has 0 unspecified atom stereocenters. The molecule has 0 radical (unpaired) electrons. The van der Waals surface area contributed by atoms with Gasteiger partial charge in [0.15, 0.2) is 11.6 Å². The van der Waals surface area contributed by atoms with E-state index in [2.05, 4.69) is 62.7 Å². The molecule has 4 nitrogen and oxygen atoms in total. The predicted octanol–water partition coefficient (Wildman–Crippen LogP) is 7.56. The van der Waals surface area contributed by atoms with Gasteiger partial charge < -0.3 is 9.64 Å². The molecule has 1 fully saturated rings. The number of aryl methyl sites for hydroxylation is 1. The second-order valence-corrected chi connectivity index (χ2v) is 9.40. The summed E-state index contributed by atoms with van der Waals surface area (Å²) in [6.07, 6.45) is 13.1. The Hall–Kier alpha value is -2.95. The standard InChI is InChI=1S/C30H42FN3O/c1-9-11-25(15-26(18-32-7)34-19-22(4)20-34)33-17-24(6)27(13-12-21(3)10-2)28-16-30(35-8)29(31)14-23(28)5/h12-18,22H,9-11,19-20H2,1-8H3/b21-12-,24-17+,26-15+,27-13-,32-18?,33-25-. The number of likely N-dealkylation sites (tertiary alicyclic amines) is 1. The van der Waals surface area contributed by atoms with E-state index in [1.165, 1.54) is 18.7 Å². The minimum atomic E-state index is -0.353. The van der Waals surface area contributed by atoms with E-state index in [1.54, 1.807) is 13.1 Å². The number of nitrogens with zero attached hydrogens (tertiary/aromatic N) is 3. The number of hydrogen-bond donors (Lipinski definition) is 0. The Labute approximate surface area is 211 Å². The van der Waals surface area contributed by atoms with Crippen LogP contribution >= 0.6 is 0 Å². The van der Waals surface area contributed by atoms with Crippen molar-refractivity contribution in [3.63, 3.8) is 0 Å². The lowest BCUT2D eigenvalue weighted by molar-refractivity contribution is 0.168. The van der Waals surface area contributed by atoms with Gasteiger partial charge in [0, 0.05) is 38.3 Å². The molecule has 0 aromatic heterocycles. The maximum Gasteiger partial charge on any atom is 0.165 e. The highest BCUT2D eigenvalue weighted by molar-refractivity contribution is 6.00. The van der Waals surface area contributed by atoms with Crippen LogP contribution in [0.25, 0.3) is 5.57 Å². The minimum Gasteiger partial charge on any atom is -0.494 e. The van der Waals surface area contributed by atoms with E-state index in [9.17, 15) is 4.39 Å². The quantitative estimate of drug-likeness (QED) is 0.242. The second-order valence-electron chi connectivity index (χ2n) is 9.40. The maximum atomic E-state index is 14.3. The van der Waals surface area contributed by atoms with Gasteiger partial charge in [-0.1, -0.05) is 44.9 Å². The van der Waals surface area contributed by atoms with Crippen LogP contribution in [0.1, 0.15) is 65.0 Å². The summed E-state index contributed by atoms with van der Waals surface area (Å²) < 4.78 is 19.6. The molecule has 1 aromatic rings. The van der Waals surface area contributed by atoms with Gasteiger partial charge >= 0.3 is 0 Å². The Morgan fingerprint density at radius 1 is 1.20 bits per heavy atom. The molecule has 0 spiro atoms. The van der Waals surface area contributed by atoms with E-state index in [0.717, 1.165) is 66.0 Å². The zero-order valence-corrected chi connectivity index (χ0v) is 22.8. The Kier molecular flexibility index (Phi) is 11.2. The first-order chi connectivity index (χ1) is 16.7. The number of allylic oxidation sites excluding steroid dienone is 7. The first-order valence-corrected chi connectivity index (χ1v) is 12.6. The Morgan fingerprint density at radius 2 is 1.91 bits per heavy atom. The summed E-state index contributed by atoms with van der Waals surface area (Å²) in [5.74, 6) is 0.598. The number of ether oxygens (including phenoxy) is 1. The molecule has 1 aromatic carbocycles. The minimum absolute atomic E-state index is 0.242. The molecule has 0 saturated carbocycles. The summed E-state index contributed by atoms with van der Waals surface area (Å²) in [6.45, 7) is 14.8. The predicted molar refractivity (Wildman–Crippen MR) is 149 cm³/mol. The Balaban J connectivity index is 2.54. The molecule has 0 amide bonds. The third-order valence-electron chi connectivity index (χ3n) is 6.24. The monoisotopic (exact) mass is 479 g/mol. The third-order valence-corrected chi connectivity index (χ3v) is 6.24. The van der Waals surface area contributed by atoms with E-state index < -0.39 is 0 Å². The lowest BCUT2D eigenvalue weighted by Gasteiger charge is -2.39. The molecular formula is C30H42FN3O. The molecule has 1 saturated heterocycles. The van der Waals surface area contributed by atoms with Crippen molar-refractivity contribution in [2.45, 2.75) is 60.8 Å². The second kappa shape index (κ2) is 13.8. The van der Waals surface area contributed by atoms with Crippen molar-refractivity contribution in [2.24, 2.45) is 15.9 Å². The van der Waals surface area contributed by atoms with Gasteiger partial charge in [-0.2, -0.15) is 0 Å². The van der Waals surface area contributed by atoms with Crippen LogP contribution in [0.2, 0.25) is 0 Å². The number of hydrogen-bond acceptors (Lipinski definition) is 4. The fraction of sp³-hybridized carbons (Fsp3) is 0.467. The van der Waals surface area contributed by atoms with Crippen LogP contribution < -0.4 is 4.74 Å². The zero-order chi connectivity index (χ0) is 26.0. The van der Waals surface area contributed by atoms with Crippen LogP contribution in [-0.2, 0) is 0 Å². The molecule has 0 bridgehead atoms. The van der Waals surface area contributed by atoms with Gasteiger partial charge in [-0.25, -0.2) is 4.39 Å². The first-order valence-electron chi connectivity index (χ1n) is 12.6. The average molecular weight is 480 g/mol. The lowest BCUT2D eigenvalue weighted by atomic mass is 9.94. The topological polar surface area (TPSA) is 37.2 Å². The summed E-state index contributed by atoms with van der Waals surface area (Å²) in [6, 6.07) is 3.31. The first kappa shape index (κ1) is 28.3. The Morgan fingerprint density at radius 3 is 2.49 bits per heavy atom. The number of benzene rings is 1. The molecule has 0 N–H and O–H groups in total. The number of aliphatic imine (C=N–C) groups is 2. The van der Waals surface area contributed by atoms with Crippen LogP contribution in [-0.4, -0.2) is 44.1 Å². The van der Waals surface area contributed by atoms with E-state index in [1.807, 2.05) is 19.3 Å². The van der Waals surface area contributed by atoms with E-state index in [4.69, 9.17) is 9.73 Å². The van der Waals surface area contributed by atoms with Crippen LogP contribution in [0.15, 0.2) is 63.4 Å². The van der Waals surface area contributed by atoms with Crippen molar-refractivity contribution in [3.05, 3.63) is 70.3 Å². The number of rotatable bonds is 11. The highest BCUT2D eigenvalue weighted by Gasteiger charge is 2.23. The van der Waals surface area contributed by atoms with E-state index in [0.29, 0.717) is 5.92 Å². The molecule has 1 heterocycles. The average Bonchev–Trinajstić information content (AvgIpc) is 2.81. The van der Waals surface area contributed by atoms with Gasteiger partial charge in [-0.15, -0.1) is 0 Å². The highest BCUT2D eigenvalue weighted by Crippen LogP contribution is 2.31. The van der Waals surface area contributed by atoms with Gasteiger partial charge in [0.25, 0.3) is 0 Å². The van der Waals surface area contributed by atoms with Gasteiger partial charge in [-0.3, -0.25) is 9.98 Å². The van der Waals surface area contributed by atoms with Crippen molar-refractivity contribution in [1.82, 2.24) is 4.90 Å². The van der Waals surface area contributed by atoms with Crippen molar-refractivity contribution < 1.29 is 9.13 Å². The fourth-order valence-corrected chi connectivity index (χ4v) is 3.98. The van der Waals surface area contributed by atoms with Crippen LogP contribution in [0.5, 0.6) is 5.75 Å². The summed E-state index contributed by atoms with van der Waals surface area (Å²) in [5, 5.41) is 0. The molecule has 2 rings (SSSR count). The molecule has 35 heavy (non-hydrogen) atoms. The van der Waals surface area contributed by atoms with Crippen LogP contribution in [0.3, 0.4) is 0 Å². The maximum absolute atomic E-state index is 14.3. The number of halogens is 1. The third kappa shape index (κ3) is 8.05.